The molecule has 1 atom stereocenters. The molecule has 1 aromatic carbocycles. The van der Waals surface area contributed by atoms with E-state index in [0.29, 0.717) is 17.0 Å². The van der Waals surface area contributed by atoms with Crippen LogP contribution < -0.4 is 9.47 Å². The SMILES string of the molecule is COc1cccnc1C(O)c1cccc(OC(F)F)c1. The Labute approximate surface area is 114 Å². The highest BCUT2D eigenvalue weighted by atomic mass is 19.3. The average Bonchev–Trinajstić information content (AvgIpc) is 2.46. The highest BCUT2D eigenvalue weighted by Crippen LogP contribution is 2.29. The zero-order valence-corrected chi connectivity index (χ0v) is 10.7. The number of benzene rings is 1. The van der Waals surface area contributed by atoms with Crippen molar-refractivity contribution in [1.29, 1.82) is 0 Å². The summed E-state index contributed by atoms with van der Waals surface area (Å²) in [5.74, 6) is 0.395. The fourth-order valence-electron chi connectivity index (χ4n) is 1.80. The third-order valence-corrected chi connectivity index (χ3v) is 2.68. The lowest BCUT2D eigenvalue weighted by molar-refractivity contribution is -0.0499. The molecule has 0 spiro atoms. The Hall–Kier alpha value is -2.21. The number of aliphatic hydroxyl groups is 1. The Bertz CT molecular complexity index is 578. The first kappa shape index (κ1) is 14.2. The Morgan fingerprint density at radius 1 is 1.20 bits per heavy atom. The van der Waals surface area contributed by atoms with E-state index in [-0.39, 0.29) is 5.75 Å². The number of hydrogen-bond acceptors (Lipinski definition) is 4. The molecule has 0 saturated carbocycles. The molecule has 0 bridgehead atoms. The molecule has 0 radical (unpaired) electrons. The van der Waals surface area contributed by atoms with Gasteiger partial charge < -0.3 is 14.6 Å². The molecule has 1 aromatic heterocycles. The van der Waals surface area contributed by atoms with Crippen LogP contribution in [0.25, 0.3) is 0 Å². The van der Waals surface area contributed by atoms with Crippen LogP contribution in [0.4, 0.5) is 8.78 Å². The van der Waals surface area contributed by atoms with E-state index in [4.69, 9.17) is 4.74 Å². The summed E-state index contributed by atoms with van der Waals surface area (Å²) in [5, 5.41) is 10.3. The van der Waals surface area contributed by atoms with E-state index >= 15 is 0 Å². The van der Waals surface area contributed by atoms with E-state index in [1.165, 1.54) is 31.5 Å². The number of halogens is 2. The molecule has 0 fully saturated rings. The first-order chi connectivity index (χ1) is 9.61. The maximum absolute atomic E-state index is 12.2. The van der Waals surface area contributed by atoms with Crippen molar-refractivity contribution >= 4 is 0 Å². The summed E-state index contributed by atoms with van der Waals surface area (Å²) in [6.45, 7) is -2.91. The van der Waals surface area contributed by atoms with Crippen LogP contribution >= 0.6 is 0 Å². The second-order valence-electron chi connectivity index (χ2n) is 3.94. The molecule has 6 heteroatoms. The van der Waals surface area contributed by atoms with Crippen LogP contribution in [0.15, 0.2) is 42.6 Å². The van der Waals surface area contributed by atoms with Crippen molar-refractivity contribution in [2.45, 2.75) is 12.7 Å². The van der Waals surface area contributed by atoms with Crippen molar-refractivity contribution in [3.63, 3.8) is 0 Å². The Morgan fingerprint density at radius 2 is 2.00 bits per heavy atom. The molecule has 0 amide bonds. The number of alkyl halides is 2. The molecule has 1 N–H and O–H groups in total. The largest absolute Gasteiger partial charge is 0.495 e. The van der Waals surface area contributed by atoms with Crippen LogP contribution in [0.2, 0.25) is 0 Å². The zero-order valence-electron chi connectivity index (χ0n) is 10.7. The third kappa shape index (κ3) is 3.21. The number of aromatic nitrogens is 1. The predicted octanol–water partition coefficient (Wildman–Crippen LogP) is 2.77. The summed E-state index contributed by atoms with van der Waals surface area (Å²) in [7, 11) is 1.46. The van der Waals surface area contributed by atoms with Crippen molar-refractivity contribution in [3.05, 3.63) is 53.9 Å². The summed E-state index contributed by atoms with van der Waals surface area (Å²) in [6, 6.07) is 9.17. The minimum Gasteiger partial charge on any atom is -0.495 e. The van der Waals surface area contributed by atoms with E-state index in [1.807, 2.05) is 0 Å². The molecule has 20 heavy (non-hydrogen) atoms. The van der Waals surface area contributed by atoms with E-state index in [1.54, 1.807) is 18.2 Å². The molecule has 2 rings (SSSR count). The topological polar surface area (TPSA) is 51.6 Å². The molecule has 0 aliphatic rings. The van der Waals surface area contributed by atoms with Crippen molar-refractivity contribution in [1.82, 2.24) is 4.98 Å². The fraction of sp³-hybridized carbons (Fsp3) is 0.214. The van der Waals surface area contributed by atoms with Gasteiger partial charge >= 0.3 is 6.61 Å². The van der Waals surface area contributed by atoms with Crippen LogP contribution in [0, 0.1) is 0 Å². The summed E-state index contributed by atoms with van der Waals surface area (Å²) >= 11 is 0. The number of methoxy groups -OCH3 is 1. The van der Waals surface area contributed by atoms with Gasteiger partial charge in [-0.25, -0.2) is 0 Å². The van der Waals surface area contributed by atoms with Gasteiger partial charge in [-0.05, 0) is 29.8 Å². The summed E-state index contributed by atoms with van der Waals surface area (Å²) in [5.41, 5.74) is 0.698. The second kappa shape index (κ2) is 6.29. The minimum atomic E-state index is -2.91. The van der Waals surface area contributed by atoms with Crippen molar-refractivity contribution in [2.24, 2.45) is 0 Å². The molecule has 1 heterocycles. The minimum absolute atomic E-state index is 0.0218. The zero-order chi connectivity index (χ0) is 14.5. The van der Waals surface area contributed by atoms with Crippen LogP contribution in [0.3, 0.4) is 0 Å². The van der Waals surface area contributed by atoms with E-state index in [2.05, 4.69) is 9.72 Å². The van der Waals surface area contributed by atoms with Crippen LogP contribution in [0.5, 0.6) is 11.5 Å². The summed E-state index contributed by atoms with van der Waals surface area (Å²) in [6.07, 6.45) is 0.424. The molecule has 4 nitrogen and oxygen atoms in total. The van der Waals surface area contributed by atoms with Gasteiger partial charge in [-0.2, -0.15) is 8.78 Å². The second-order valence-corrected chi connectivity index (χ2v) is 3.94. The van der Waals surface area contributed by atoms with Gasteiger partial charge in [0.05, 0.1) is 7.11 Å². The van der Waals surface area contributed by atoms with Crippen LogP contribution in [-0.4, -0.2) is 23.8 Å². The average molecular weight is 281 g/mol. The van der Waals surface area contributed by atoms with Gasteiger partial charge in [-0.3, -0.25) is 4.98 Å². The smallest absolute Gasteiger partial charge is 0.387 e. The van der Waals surface area contributed by atoms with Gasteiger partial charge in [0, 0.05) is 6.20 Å². The summed E-state index contributed by atoms with van der Waals surface area (Å²) < 4.78 is 33.8. The van der Waals surface area contributed by atoms with Crippen molar-refractivity contribution in [2.75, 3.05) is 7.11 Å². The Morgan fingerprint density at radius 3 is 2.70 bits per heavy atom. The van der Waals surface area contributed by atoms with E-state index < -0.39 is 12.7 Å². The maximum atomic E-state index is 12.2. The third-order valence-electron chi connectivity index (χ3n) is 2.68. The standard InChI is InChI=1S/C14H13F2NO3/c1-19-11-6-3-7-17-12(11)13(18)9-4-2-5-10(8-9)20-14(15)16/h2-8,13-14,18H,1H3. The van der Waals surface area contributed by atoms with Gasteiger partial charge in [0.15, 0.2) is 0 Å². The van der Waals surface area contributed by atoms with Crippen LogP contribution in [-0.2, 0) is 0 Å². The van der Waals surface area contributed by atoms with Gasteiger partial charge in [0.1, 0.15) is 23.3 Å². The van der Waals surface area contributed by atoms with Gasteiger partial charge in [-0.15, -0.1) is 0 Å². The normalized spacial score (nSPS) is 12.2. The van der Waals surface area contributed by atoms with Crippen LogP contribution in [0.1, 0.15) is 17.4 Å². The lowest BCUT2D eigenvalue weighted by Gasteiger charge is -2.14. The Balaban J connectivity index is 2.30. The quantitative estimate of drug-likeness (QED) is 0.915. The molecular weight excluding hydrogens is 268 g/mol. The van der Waals surface area contributed by atoms with Crippen molar-refractivity contribution < 1.29 is 23.4 Å². The number of hydrogen-bond donors (Lipinski definition) is 1. The first-order valence-corrected chi connectivity index (χ1v) is 5.83. The number of nitrogens with zero attached hydrogens (tertiary/aromatic N) is 1. The highest BCUT2D eigenvalue weighted by Gasteiger charge is 2.17. The maximum Gasteiger partial charge on any atom is 0.387 e. The van der Waals surface area contributed by atoms with Gasteiger partial charge in [0.25, 0.3) is 0 Å². The molecule has 0 aliphatic carbocycles. The number of aliphatic hydroxyl groups excluding tert-OH is 1. The molecular formula is C14H13F2NO3. The van der Waals surface area contributed by atoms with Gasteiger partial charge in [0.2, 0.25) is 0 Å². The lowest BCUT2D eigenvalue weighted by Crippen LogP contribution is -2.06. The lowest BCUT2D eigenvalue weighted by atomic mass is 10.1. The summed E-state index contributed by atoms with van der Waals surface area (Å²) in [4.78, 5) is 4.05. The molecule has 0 saturated heterocycles. The van der Waals surface area contributed by atoms with E-state index in [9.17, 15) is 13.9 Å². The number of ether oxygens (including phenoxy) is 2. The number of pyridine rings is 1. The molecule has 106 valence electrons. The van der Waals surface area contributed by atoms with E-state index in [0.717, 1.165) is 0 Å². The Kier molecular flexibility index (Phi) is 4.47. The number of rotatable bonds is 5. The first-order valence-electron chi connectivity index (χ1n) is 5.83. The predicted molar refractivity (Wildman–Crippen MR) is 67.9 cm³/mol. The molecule has 0 aliphatic heterocycles. The highest BCUT2D eigenvalue weighted by molar-refractivity contribution is 5.38. The monoisotopic (exact) mass is 281 g/mol. The molecule has 2 aromatic rings. The van der Waals surface area contributed by atoms with Crippen molar-refractivity contribution in [3.8, 4) is 11.5 Å². The molecule has 1 unspecified atom stereocenters. The fourth-order valence-corrected chi connectivity index (χ4v) is 1.80. The van der Waals surface area contributed by atoms with Gasteiger partial charge in [-0.1, -0.05) is 12.1 Å².